The van der Waals surface area contributed by atoms with Gasteiger partial charge in [0.2, 0.25) is 0 Å². The van der Waals surface area contributed by atoms with Crippen molar-refractivity contribution < 1.29 is 19.0 Å². The molecule has 4 N–H and O–H groups in total. The zero-order chi connectivity index (χ0) is 14.3. The van der Waals surface area contributed by atoms with Gasteiger partial charge >= 0.3 is 5.97 Å². The molecule has 1 rings (SSSR count). The van der Waals surface area contributed by atoms with Gasteiger partial charge in [0.1, 0.15) is 11.4 Å². The second-order valence-corrected chi connectivity index (χ2v) is 4.08. The Bertz CT molecular complexity index is 438. The van der Waals surface area contributed by atoms with Crippen molar-refractivity contribution in [2.45, 2.75) is 19.8 Å². The molecule has 0 saturated carbocycles. The molecule has 0 aromatic heterocycles. The summed E-state index contributed by atoms with van der Waals surface area (Å²) in [4.78, 5) is 11.1. The van der Waals surface area contributed by atoms with Crippen LogP contribution in [0.5, 0.6) is 0 Å². The van der Waals surface area contributed by atoms with Crippen molar-refractivity contribution in [3.8, 4) is 0 Å². The van der Waals surface area contributed by atoms with E-state index in [0.29, 0.717) is 25.4 Å². The molecule has 0 aliphatic rings. The van der Waals surface area contributed by atoms with Gasteiger partial charge in [0.05, 0.1) is 18.0 Å². The smallest absolute Gasteiger partial charge is 0.340 e. The van der Waals surface area contributed by atoms with E-state index in [2.05, 4.69) is 12.2 Å². The van der Waals surface area contributed by atoms with E-state index < -0.39 is 11.8 Å². The average molecular weight is 270 g/mol. The van der Waals surface area contributed by atoms with E-state index >= 15 is 0 Å². The molecule has 5 nitrogen and oxygen atoms in total. The Balaban J connectivity index is 2.58. The second kappa shape index (κ2) is 7.58. The number of aromatic carboxylic acids is 1. The fourth-order valence-electron chi connectivity index (χ4n) is 1.58. The third-order valence-electron chi connectivity index (χ3n) is 2.61. The third kappa shape index (κ3) is 4.40. The summed E-state index contributed by atoms with van der Waals surface area (Å²) in [7, 11) is 0. The Morgan fingerprint density at radius 1 is 1.47 bits per heavy atom. The highest BCUT2D eigenvalue weighted by molar-refractivity contribution is 6.00. The maximum Gasteiger partial charge on any atom is 0.340 e. The lowest BCUT2D eigenvalue weighted by Gasteiger charge is -2.12. The maximum absolute atomic E-state index is 13.2. The molecule has 1 aromatic carbocycles. The summed E-state index contributed by atoms with van der Waals surface area (Å²) >= 11 is 0. The largest absolute Gasteiger partial charge is 0.478 e. The lowest BCUT2D eigenvalue weighted by atomic mass is 10.1. The number of ether oxygens (including phenoxy) is 1. The summed E-state index contributed by atoms with van der Waals surface area (Å²) in [5.41, 5.74) is 5.12. The number of carboxylic acids is 1. The van der Waals surface area contributed by atoms with Crippen molar-refractivity contribution in [1.29, 1.82) is 0 Å². The van der Waals surface area contributed by atoms with Gasteiger partial charge in [0.15, 0.2) is 0 Å². The van der Waals surface area contributed by atoms with Gasteiger partial charge < -0.3 is 20.9 Å². The Hall–Kier alpha value is -1.82. The minimum absolute atomic E-state index is 0.242. The SMILES string of the molecule is CCCCOCCNc1ccc(F)c(N)c1C(=O)O. The number of benzene rings is 1. The number of anilines is 2. The lowest BCUT2D eigenvalue weighted by Crippen LogP contribution is -2.14. The predicted molar refractivity (Wildman–Crippen MR) is 72.0 cm³/mol. The molecular weight excluding hydrogens is 251 g/mol. The highest BCUT2D eigenvalue weighted by Crippen LogP contribution is 2.24. The molecule has 0 bridgehead atoms. The van der Waals surface area contributed by atoms with Crippen molar-refractivity contribution in [2.75, 3.05) is 30.8 Å². The van der Waals surface area contributed by atoms with Crippen molar-refractivity contribution >= 4 is 17.3 Å². The van der Waals surface area contributed by atoms with Crippen LogP contribution in [0.3, 0.4) is 0 Å². The number of nitrogens with one attached hydrogen (secondary N) is 1. The van der Waals surface area contributed by atoms with Crippen molar-refractivity contribution in [3.05, 3.63) is 23.5 Å². The molecule has 0 amide bonds. The van der Waals surface area contributed by atoms with Crippen LogP contribution >= 0.6 is 0 Å². The maximum atomic E-state index is 13.2. The fourth-order valence-corrected chi connectivity index (χ4v) is 1.58. The Kier molecular flexibility index (Phi) is 6.08. The molecule has 0 aliphatic heterocycles. The predicted octanol–water partition coefficient (Wildman–Crippen LogP) is 2.33. The van der Waals surface area contributed by atoms with Crippen LogP contribution in [0.15, 0.2) is 12.1 Å². The van der Waals surface area contributed by atoms with Gasteiger partial charge in [-0.25, -0.2) is 9.18 Å². The molecule has 1 aromatic rings. The summed E-state index contributed by atoms with van der Waals surface area (Å²) < 4.78 is 18.5. The normalized spacial score (nSPS) is 10.4. The summed E-state index contributed by atoms with van der Waals surface area (Å²) in [6.07, 6.45) is 2.05. The number of nitrogen functional groups attached to an aromatic ring is 1. The van der Waals surface area contributed by atoms with Crippen LogP contribution in [0.25, 0.3) is 0 Å². The number of carboxylic acid groups (broad SMARTS) is 1. The fraction of sp³-hybridized carbons (Fsp3) is 0.462. The topological polar surface area (TPSA) is 84.6 Å². The quantitative estimate of drug-likeness (QED) is 0.498. The van der Waals surface area contributed by atoms with E-state index in [0.717, 1.165) is 18.9 Å². The lowest BCUT2D eigenvalue weighted by molar-refractivity contribution is 0.0698. The van der Waals surface area contributed by atoms with Crippen LogP contribution in [0.1, 0.15) is 30.1 Å². The Labute approximate surface area is 111 Å². The van der Waals surface area contributed by atoms with Crippen LogP contribution in [0.2, 0.25) is 0 Å². The number of nitrogens with two attached hydrogens (primary N) is 1. The second-order valence-electron chi connectivity index (χ2n) is 4.08. The number of carbonyl (C=O) groups is 1. The first-order chi connectivity index (χ1) is 9.07. The minimum atomic E-state index is -1.26. The standard InChI is InChI=1S/C13H19FN2O3/c1-2-3-7-19-8-6-16-10-5-4-9(14)12(15)11(10)13(17)18/h4-5,16H,2-3,6-8,15H2,1H3,(H,17,18). The highest BCUT2D eigenvalue weighted by Gasteiger charge is 2.16. The van der Waals surface area contributed by atoms with E-state index in [1.807, 2.05) is 0 Å². The molecule has 0 aliphatic carbocycles. The van der Waals surface area contributed by atoms with Crippen LogP contribution in [-0.2, 0) is 4.74 Å². The Morgan fingerprint density at radius 3 is 2.84 bits per heavy atom. The van der Waals surface area contributed by atoms with E-state index in [4.69, 9.17) is 15.6 Å². The van der Waals surface area contributed by atoms with E-state index in [9.17, 15) is 9.18 Å². The first-order valence-corrected chi connectivity index (χ1v) is 6.20. The molecule has 0 atom stereocenters. The molecule has 6 heteroatoms. The first-order valence-electron chi connectivity index (χ1n) is 6.20. The van der Waals surface area contributed by atoms with Crippen LogP contribution in [0, 0.1) is 5.82 Å². The first kappa shape index (κ1) is 15.2. The van der Waals surface area contributed by atoms with Gasteiger partial charge in [-0.15, -0.1) is 0 Å². The molecule has 0 spiro atoms. The average Bonchev–Trinajstić information content (AvgIpc) is 2.37. The zero-order valence-corrected chi connectivity index (χ0v) is 10.9. The monoisotopic (exact) mass is 270 g/mol. The van der Waals surface area contributed by atoms with Gasteiger partial charge in [0.25, 0.3) is 0 Å². The number of hydrogen-bond acceptors (Lipinski definition) is 4. The number of hydrogen-bond donors (Lipinski definition) is 3. The zero-order valence-electron chi connectivity index (χ0n) is 10.9. The van der Waals surface area contributed by atoms with Crippen molar-refractivity contribution in [2.24, 2.45) is 0 Å². The molecule has 0 radical (unpaired) electrons. The molecule has 0 unspecified atom stereocenters. The van der Waals surface area contributed by atoms with E-state index in [1.54, 1.807) is 0 Å². The van der Waals surface area contributed by atoms with Gasteiger partial charge in [-0.3, -0.25) is 0 Å². The molecule has 0 heterocycles. The van der Waals surface area contributed by atoms with Crippen molar-refractivity contribution in [1.82, 2.24) is 0 Å². The van der Waals surface area contributed by atoms with Gasteiger partial charge in [-0.1, -0.05) is 13.3 Å². The van der Waals surface area contributed by atoms with Crippen LogP contribution < -0.4 is 11.1 Å². The summed E-state index contributed by atoms with van der Waals surface area (Å²) in [5.74, 6) is -1.99. The van der Waals surface area contributed by atoms with Crippen LogP contribution in [-0.4, -0.2) is 30.8 Å². The third-order valence-corrected chi connectivity index (χ3v) is 2.61. The molecule has 0 saturated heterocycles. The molecule has 106 valence electrons. The summed E-state index contributed by atoms with van der Waals surface area (Å²) in [5, 5.41) is 11.9. The summed E-state index contributed by atoms with van der Waals surface area (Å²) in [6, 6.07) is 2.50. The number of unbranched alkanes of at least 4 members (excludes halogenated alkanes) is 1. The Morgan fingerprint density at radius 2 is 2.21 bits per heavy atom. The van der Waals surface area contributed by atoms with Crippen molar-refractivity contribution in [3.63, 3.8) is 0 Å². The van der Waals surface area contributed by atoms with Crippen LogP contribution in [0.4, 0.5) is 15.8 Å². The molecule has 0 fully saturated rings. The van der Waals surface area contributed by atoms with E-state index in [-0.39, 0.29) is 11.3 Å². The minimum Gasteiger partial charge on any atom is -0.478 e. The number of rotatable bonds is 8. The molecular formula is C13H19FN2O3. The van der Waals surface area contributed by atoms with Gasteiger partial charge in [-0.05, 0) is 18.6 Å². The van der Waals surface area contributed by atoms with Gasteiger partial charge in [0, 0.05) is 13.2 Å². The number of halogens is 1. The molecule has 19 heavy (non-hydrogen) atoms. The van der Waals surface area contributed by atoms with E-state index in [1.165, 1.54) is 6.07 Å². The summed E-state index contributed by atoms with van der Waals surface area (Å²) in [6.45, 7) is 3.64. The van der Waals surface area contributed by atoms with Gasteiger partial charge in [-0.2, -0.15) is 0 Å². The highest BCUT2D eigenvalue weighted by atomic mass is 19.1.